The normalized spacial score (nSPS) is 16.8. The van der Waals surface area contributed by atoms with Crippen molar-refractivity contribution in [3.8, 4) is 0 Å². The van der Waals surface area contributed by atoms with Gasteiger partial charge >= 0.3 is 0 Å². The van der Waals surface area contributed by atoms with Crippen molar-refractivity contribution in [3.63, 3.8) is 0 Å². The first-order chi connectivity index (χ1) is 15.0. The van der Waals surface area contributed by atoms with Gasteiger partial charge in [0, 0.05) is 49.1 Å². The summed E-state index contributed by atoms with van der Waals surface area (Å²) >= 11 is 0. The molecule has 2 heterocycles. The van der Waals surface area contributed by atoms with Crippen molar-refractivity contribution in [2.24, 2.45) is 0 Å². The Labute approximate surface area is 181 Å². The van der Waals surface area contributed by atoms with Crippen molar-refractivity contribution in [1.82, 2.24) is 0 Å². The first-order valence-electron chi connectivity index (χ1n) is 10.8. The van der Waals surface area contributed by atoms with E-state index in [1.165, 1.54) is 6.07 Å². The summed E-state index contributed by atoms with van der Waals surface area (Å²) in [5.74, 6) is -0.349. The Morgan fingerprint density at radius 2 is 1.74 bits per heavy atom. The van der Waals surface area contributed by atoms with E-state index in [1.54, 1.807) is 35.2 Å². The summed E-state index contributed by atoms with van der Waals surface area (Å²) in [4.78, 5) is 39.8. The zero-order valence-electron chi connectivity index (χ0n) is 17.4. The number of carbonyl (C=O) groups is 2. The Balaban J connectivity index is 1.54. The molecule has 2 aromatic rings. The zero-order chi connectivity index (χ0) is 21.8. The molecule has 0 spiro atoms. The van der Waals surface area contributed by atoms with Gasteiger partial charge in [-0.2, -0.15) is 0 Å². The summed E-state index contributed by atoms with van der Waals surface area (Å²) in [6.07, 6.45) is 5.64. The van der Waals surface area contributed by atoms with Crippen molar-refractivity contribution in [2.75, 3.05) is 34.8 Å². The Bertz CT molecular complexity index is 999. The van der Waals surface area contributed by atoms with Crippen LogP contribution >= 0.6 is 0 Å². The highest BCUT2D eigenvalue weighted by atomic mass is 16.6. The Morgan fingerprint density at radius 1 is 0.968 bits per heavy atom. The number of amides is 2. The largest absolute Gasteiger partial charge is 0.366 e. The van der Waals surface area contributed by atoms with Crippen LogP contribution in [0.3, 0.4) is 0 Å². The third-order valence-electron chi connectivity index (χ3n) is 5.87. The molecule has 8 heteroatoms. The molecule has 1 N–H and O–H groups in total. The van der Waals surface area contributed by atoms with E-state index in [0.717, 1.165) is 50.9 Å². The predicted molar refractivity (Wildman–Crippen MR) is 120 cm³/mol. The minimum atomic E-state index is -0.421. The highest BCUT2D eigenvalue weighted by Gasteiger charge is 2.24. The number of anilines is 3. The summed E-state index contributed by atoms with van der Waals surface area (Å²) in [7, 11) is 0. The number of rotatable bonds is 5. The summed E-state index contributed by atoms with van der Waals surface area (Å²) in [6.45, 7) is 2.24. The molecule has 0 radical (unpaired) electrons. The number of carbonyl (C=O) groups excluding carboxylic acids is 2. The van der Waals surface area contributed by atoms with Crippen LogP contribution in [0.15, 0.2) is 42.5 Å². The number of nitro benzene ring substituents is 1. The summed E-state index contributed by atoms with van der Waals surface area (Å²) in [6, 6.07) is 11.8. The SMILES string of the molecule is O=C(Nc1cccc(N2CCCC2=O)c1)c1ccc(N2CCCCCC2)c([N+](=O)[O-])c1. The molecule has 2 aliphatic rings. The van der Waals surface area contributed by atoms with Crippen molar-refractivity contribution in [1.29, 1.82) is 0 Å². The molecule has 2 aliphatic heterocycles. The topological polar surface area (TPSA) is 95.8 Å². The fourth-order valence-corrected chi connectivity index (χ4v) is 4.27. The van der Waals surface area contributed by atoms with Crippen molar-refractivity contribution in [2.45, 2.75) is 38.5 Å². The predicted octanol–water partition coefficient (Wildman–Crippen LogP) is 4.35. The van der Waals surface area contributed by atoms with E-state index >= 15 is 0 Å². The number of hydrogen-bond acceptors (Lipinski definition) is 5. The average molecular weight is 422 g/mol. The van der Waals surface area contributed by atoms with E-state index in [0.29, 0.717) is 24.3 Å². The molecule has 31 heavy (non-hydrogen) atoms. The molecular formula is C23H26N4O4. The lowest BCUT2D eigenvalue weighted by Crippen LogP contribution is -2.25. The molecule has 162 valence electrons. The molecule has 0 atom stereocenters. The highest BCUT2D eigenvalue weighted by molar-refractivity contribution is 6.05. The first-order valence-corrected chi connectivity index (χ1v) is 10.8. The number of nitrogens with zero attached hydrogens (tertiary/aromatic N) is 3. The molecule has 4 rings (SSSR count). The monoisotopic (exact) mass is 422 g/mol. The van der Waals surface area contributed by atoms with Gasteiger partial charge < -0.3 is 15.1 Å². The van der Waals surface area contributed by atoms with Gasteiger partial charge in [0.25, 0.3) is 11.6 Å². The van der Waals surface area contributed by atoms with E-state index < -0.39 is 10.8 Å². The van der Waals surface area contributed by atoms with Crippen LogP contribution in [0, 0.1) is 10.1 Å². The lowest BCUT2D eigenvalue weighted by molar-refractivity contribution is -0.384. The van der Waals surface area contributed by atoms with Gasteiger partial charge in [-0.1, -0.05) is 18.9 Å². The van der Waals surface area contributed by atoms with Crippen LogP contribution in [0.2, 0.25) is 0 Å². The van der Waals surface area contributed by atoms with Gasteiger partial charge in [0.05, 0.1) is 4.92 Å². The van der Waals surface area contributed by atoms with E-state index in [9.17, 15) is 19.7 Å². The number of benzene rings is 2. The van der Waals surface area contributed by atoms with Crippen molar-refractivity contribution in [3.05, 3.63) is 58.1 Å². The lowest BCUT2D eigenvalue weighted by atomic mass is 10.1. The number of nitrogens with one attached hydrogen (secondary N) is 1. The highest BCUT2D eigenvalue weighted by Crippen LogP contribution is 2.31. The second-order valence-electron chi connectivity index (χ2n) is 8.02. The van der Waals surface area contributed by atoms with Gasteiger partial charge in [-0.05, 0) is 49.6 Å². The molecule has 2 saturated heterocycles. The minimum Gasteiger partial charge on any atom is -0.366 e. The molecule has 2 fully saturated rings. The molecule has 0 aromatic heterocycles. The molecule has 0 aliphatic carbocycles. The molecule has 0 saturated carbocycles. The van der Waals surface area contributed by atoms with Crippen LogP contribution in [-0.4, -0.2) is 36.4 Å². The summed E-state index contributed by atoms with van der Waals surface area (Å²) in [5.41, 5.74) is 2.03. The molecular weight excluding hydrogens is 396 g/mol. The first kappa shape index (κ1) is 20.8. The van der Waals surface area contributed by atoms with Crippen LogP contribution in [-0.2, 0) is 4.79 Å². The summed E-state index contributed by atoms with van der Waals surface area (Å²) in [5, 5.41) is 14.5. The quantitative estimate of drug-likeness (QED) is 0.571. The maximum atomic E-state index is 12.8. The Hall–Kier alpha value is -3.42. The van der Waals surface area contributed by atoms with E-state index in [1.807, 2.05) is 11.0 Å². The van der Waals surface area contributed by atoms with Crippen molar-refractivity contribution >= 4 is 34.6 Å². The molecule has 0 unspecified atom stereocenters. The third kappa shape index (κ3) is 4.68. The van der Waals surface area contributed by atoms with Crippen LogP contribution in [0.5, 0.6) is 0 Å². The number of hydrogen-bond donors (Lipinski definition) is 1. The zero-order valence-corrected chi connectivity index (χ0v) is 17.4. The van der Waals surface area contributed by atoms with E-state index in [2.05, 4.69) is 5.32 Å². The van der Waals surface area contributed by atoms with Crippen LogP contribution in [0.1, 0.15) is 48.9 Å². The van der Waals surface area contributed by atoms with Gasteiger partial charge in [0.2, 0.25) is 5.91 Å². The van der Waals surface area contributed by atoms with Crippen LogP contribution in [0.25, 0.3) is 0 Å². The fourth-order valence-electron chi connectivity index (χ4n) is 4.27. The number of nitro groups is 1. The Kier molecular flexibility index (Phi) is 6.16. The molecule has 8 nitrogen and oxygen atoms in total. The third-order valence-corrected chi connectivity index (χ3v) is 5.87. The lowest BCUT2D eigenvalue weighted by Gasteiger charge is -2.22. The van der Waals surface area contributed by atoms with E-state index in [-0.39, 0.29) is 17.2 Å². The molecule has 2 amide bonds. The van der Waals surface area contributed by atoms with Gasteiger partial charge in [-0.15, -0.1) is 0 Å². The Morgan fingerprint density at radius 3 is 2.42 bits per heavy atom. The van der Waals surface area contributed by atoms with Gasteiger partial charge in [-0.25, -0.2) is 0 Å². The standard InChI is InChI=1S/C23H26N4O4/c28-22-9-6-14-26(22)19-8-5-7-18(16-19)24-23(29)17-10-11-20(21(15-17)27(30)31)25-12-3-1-2-4-13-25/h5,7-8,10-11,15-16H,1-4,6,9,12-14H2,(H,24,29). The van der Waals surface area contributed by atoms with Gasteiger partial charge in [0.1, 0.15) is 5.69 Å². The van der Waals surface area contributed by atoms with Crippen LogP contribution < -0.4 is 15.1 Å². The van der Waals surface area contributed by atoms with Gasteiger partial charge in [0.15, 0.2) is 0 Å². The van der Waals surface area contributed by atoms with Crippen molar-refractivity contribution < 1.29 is 14.5 Å². The average Bonchev–Trinajstić information content (AvgIpc) is 3.02. The smallest absolute Gasteiger partial charge is 0.293 e. The maximum absolute atomic E-state index is 12.8. The van der Waals surface area contributed by atoms with Crippen LogP contribution in [0.4, 0.5) is 22.7 Å². The maximum Gasteiger partial charge on any atom is 0.293 e. The minimum absolute atomic E-state index is 0.0500. The summed E-state index contributed by atoms with van der Waals surface area (Å²) < 4.78 is 0. The molecule has 0 bridgehead atoms. The molecule has 2 aromatic carbocycles. The van der Waals surface area contributed by atoms with Gasteiger partial charge in [-0.3, -0.25) is 19.7 Å². The fraction of sp³-hybridized carbons (Fsp3) is 0.391. The second kappa shape index (κ2) is 9.16. The van der Waals surface area contributed by atoms with E-state index in [4.69, 9.17) is 0 Å². The second-order valence-corrected chi connectivity index (χ2v) is 8.02.